The number of rotatable bonds is 3. The maximum atomic E-state index is 4.78. The zero-order valence-corrected chi connectivity index (χ0v) is 11.0. The Bertz CT molecular complexity index is 556. The molecule has 0 aliphatic carbocycles. The summed E-state index contributed by atoms with van der Waals surface area (Å²) in [5, 5.41) is 3.93. The monoisotopic (exact) mass is 239 g/mol. The van der Waals surface area contributed by atoms with Gasteiger partial charge in [-0.15, -0.1) is 0 Å². The average molecular weight is 239 g/mol. The van der Waals surface area contributed by atoms with Gasteiger partial charge in [0.05, 0.1) is 5.71 Å². The number of nitrogens with zero attached hydrogens (tertiary/aromatic N) is 1. The Hall–Kier alpha value is -2.09. The highest BCUT2D eigenvalue weighted by atomic mass is 16.6. The zero-order chi connectivity index (χ0) is 13.0. The highest BCUT2D eigenvalue weighted by Gasteiger charge is 2.02. The summed E-state index contributed by atoms with van der Waals surface area (Å²) in [6, 6.07) is 16.8. The lowest BCUT2D eigenvalue weighted by atomic mass is 9.99. The van der Waals surface area contributed by atoms with E-state index in [9.17, 15) is 0 Å². The first-order valence-corrected chi connectivity index (χ1v) is 5.96. The molecule has 2 nitrogen and oxygen atoms in total. The lowest BCUT2D eigenvalue weighted by Crippen LogP contribution is -1.95. The maximum Gasteiger partial charge on any atom is 0.106 e. The van der Waals surface area contributed by atoms with Crippen molar-refractivity contribution in [3.05, 3.63) is 59.7 Å². The number of benzene rings is 2. The Morgan fingerprint density at radius 2 is 1.67 bits per heavy atom. The summed E-state index contributed by atoms with van der Waals surface area (Å²) in [7, 11) is 1.56. The predicted octanol–water partition coefficient (Wildman–Crippen LogP) is 4.03. The van der Waals surface area contributed by atoms with Crippen LogP contribution < -0.4 is 0 Å². The standard InChI is InChI=1S/C16H17NO/c1-12-6-4-5-7-16(12)15-10-8-14(9-11-15)13(2)17-18-3/h4-11H,1-3H3/b17-13+. The van der Waals surface area contributed by atoms with Gasteiger partial charge in [0.2, 0.25) is 0 Å². The van der Waals surface area contributed by atoms with Gasteiger partial charge < -0.3 is 4.84 Å². The molecule has 0 spiro atoms. The Balaban J connectivity index is 2.34. The minimum Gasteiger partial charge on any atom is -0.399 e. The third kappa shape index (κ3) is 2.59. The van der Waals surface area contributed by atoms with Crippen molar-refractivity contribution in [2.24, 2.45) is 5.16 Å². The largest absolute Gasteiger partial charge is 0.399 e. The molecular formula is C16H17NO. The number of oxime groups is 1. The number of hydrogen-bond acceptors (Lipinski definition) is 2. The quantitative estimate of drug-likeness (QED) is 0.585. The van der Waals surface area contributed by atoms with Crippen molar-refractivity contribution < 1.29 is 4.84 Å². The van der Waals surface area contributed by atoms with Crippen LogP contribution in [0.1, 0.15) is 18.1 Å². The number of aryl methyl sites for hydroxylation is 1. The molecule has 92 valence electrons. The minimum atomic E-state index is 0.883. The van der Waals surface area contributed by atoms with Crippen LogP contribution in [0.4, 0.5) is 0 Å². The fourth-order valence-corrected chi connectivity index (χ4v) is 1.98. The second-order valence-electron chi connectivity index (χ2n) is 4.25. The van der Waals surface area contributed by atoms with Gasteiger partial charge in [0.15, 0.2) is 0 Å². The van der Waals surface area contributed by atoms with E-state index in [0.717, 1.165) is 11.3 Å². The van der Waals surface area contributed by atoms with E-state index in [2.05, 4.69) is 60.6 Å². The molecule has 0 aliphatic rings. The minimum absolute atomic E-state index is 0.883. The van der Waals surface area contributed by atoms with Crippen molar-refractivity contribution in [1.29, 1.82) is 0 Å². The Labute approximate surface area is 108 Å². The van der Waals surface area contributed by atoms with E-state index in [-0.39, 0.29) is 0 Å². The van der Waals surface area contributed by atoms with Crippen molar-refractivity contribution >= 4 is 5.71 Å². The van der Waals surface area contributed by atoms with Crippen molar-refractivity contribution in [2.45, 2.75) is 13.8 Å². The van der Waals surface area contributed by atoms with Crippen LogP contribution >= 0.6 is 0 Å². The van der Waals surface area contributed by atoms with E-state index in [0.29, 0.717) is 0 Å². The van der Waals surface area contributed by atoms with E-state index in [4.69, 9.17) is 4.84 Å². The molecule has 0 aromatic heterocycles. The molecule has 0 atom stereocenters. The van der Waals surface area contributed by atoms with Gasteiger partial charge in [0.1, 0.15) is 7.11 Å². The van der Waals surface area contributed by atoms with E-state index >= 15 is 0 Å². The Morgan fingerprint density at radius 3 is 2.28 bits per heavy atom. The molecule has 0 aliphatic heterocycles. The first-order valence-electron chi connectivity index (χ1n) is 5.96. The second-order valence-corrected chi connectivity index (χ2v) is 4.25. The van der Waals surface area contributed by atoms with Crippen LogP contribution in [0.15, 0.2) is 53.7 Å². The van der Waals surface area contributed by atoms with Crippen LogP contribution in [0.25, 0.3) is 11.1 Å². The van der Waals surface area contributed by atoms with Crippen LogP contribution in [0.3, 0.4) is 0 Å². The van der Waals surface area contributed by atoms with E-state index in [1.165, 1.54) is 16.7 Å². The van der Waals surface area contributed by atoms with Crippen LogP contribution in [-0.2, 0) is 4.84 Å². The fourth-order valence-electron chi connectivity index (χ4n) is 1.98. The van der Waals surface area contributed by atoms with Crippen molar-refractivity contribution in [1.82, 2.24) is 0 Å². The summed E-state index contributed by atoms with van der Waals surface area (Å²) in [4.78, 5) is 4.78. The van der Waals surface area contributed by atoms with E-state index < -0.39 is 0 Å². The van der Waals surface area contributed by atoms with Crippen molar-refractivity contribution in [2.75, 3.05) is 7.11 Å². The molecule has 0 saturated carbocycles. The summed E-state index contributed by atoms with van der Waals surface area (Å²) in [6.45, 7) is 4.06. The second kappa shape index (κ2) is 5.50. The van der Waals surface area contributed by atoms with Crippen LogP contribution in [0, 0.1) is 6.92 Å². The molecule has 0 saturated heterocycles. The first-order chi connectivity index (χ1) is 8.72. The maximum absolute atomic E-state index is 4.78. The smallest absolute Gasteiger partial charge is 0.106 e. The normalized spacial score (nSPS) is 11.4. The number of hydrogen-bond donors (Lipinski definition) is 0. The molecule has 0 unspecified atom stereocenters. The van der Waals surface area contributed by atoms with Gasteiger partial charge in [-0.05, 0) is 36.1 Å². The molecule has 0 bridgehead atoms. The van der Waals surface area contributed by atoms with Crippen molar-refractivity contribution in [3.63, 3.8) is 0 Å². The van der Waals surface area contributed by atoms with Gasteiger partial charge in [-0.25, -0.2) is 0 Å². The molecule has 2 heteroatoms. The summed E-state index contributed by atoms with van der Waals surface area (Å²) in [6.07, 6.45) is 0. The van der Waals surface area contributed by atoms with Gasteiger partial charge in [0.25, 0.3) is 0 Å². The molecule has 0 N–H and O–H groups in total. The summed E-state index contributed by atoms with van der Waals surface area (Å²) in [5.41, 5.74) is 5.74. The zero-order valence-electron chi connectivity index (χ0n) is 11.0. The molecule has 0 radical (unpaired) electrons. The van der Waals surface area contributed by atoms with Gasteiger partial charge in [-0.2, -0.15) is 0 Å². The summed E-state index contributed by atoms with van der Waals surface area (Å²) >= 11 is 0. The SMILES string of the molecule is CO/N=C(\C)c1ccc(-c2ccccc2C)cc1. The molecule has 2 rings (SSSR count). The molecular weight excluding hydrogens is 222 g/mol. The molecule has 0 heterocycles. The highest BCUT2D eigenvalue weighted by molar-refractivity contribution is 5.98. The molecule has 2 aromatic rings. The molecule has 18 heavy (non-hydrogen) atoms. The van der Waals surface area contributed by atoms with Crippen LogP contribution in [0.5, 0.6) is 0 Å². The van der Waals surface area contributed by atoms with Gasteiger partial charge in [0, 0.05) is 0 Å². The summed E-state index contributed by atoms with van der Waals surface area (Å²) in [5.74, 6) is 0. The van der Waals surface area contributed by atoms with Crippen LogP contribution in [-0.4, -0.2) is 12.8 Å². The van der Waals surface area contributed by atoms with Gasteiger partial charge >= 0.3 is 0 Å². The third-order valence-corrected chi connectivity index (χ3v) is 2.99. The van der Waals surface area contributed by atoms with E-state index in [1.807, 2.05) is 6.92 Å². The lowest BCUT2D eigenvalue weighted by molar-refractivity contribution is 0.213. The lowest BCUT2D eigenvalue weighted by Gasteiger charge is -2.07. The van der Waals surface area contributed by atoms with Crippen LogP contribution in [0.2, 0.25) is 0 Å². The molecule has 2 aromatic carbocycles. The summed E-state index contributed by atoms with van der Waals surface area (Å²) < 4.78 is 0. The Morgan fingerprint density at radius 1 is 1.00 bits per heavy atom. The third-order valence-electron chi connectivity index (χ3n) is 2.99. The van der Waals surface area contributed by atoms with E-state index in [1.54, 1.807) is 7.11 Å². The van der Waals surface area contributed by atoms with Gasteiger partial charge in [-0.1, -0.05) is 53.7 Å². The predicted molar refractivity (Wildman–Crippen MR) is 75.8 cm³/mol. The average Bonchev–Trinajstić information content (AvgIpc) is 2.40. The first kappa shape index (κ1) is 12.4. The fraction of sp³-hybridized carbons (Fsp3) is 0.188. The van der Waals surface area contributed by atoms with Gasteiger partial charge in [-0.3, -0.25) is 0 Å². The Kier molecular flexibility index (Phi) is 3.78. The molecule has 0 amide bonds. The highest BCUT2D eigenvalue weighted by Crippen LogP contribution is 2.23. The topological polar surface area (TPSA) is 21.6 Å². The molecule has 0 fully saturated rings. The van der Waals surface area contributed by atoms with Crippen molar-refractivity contribution in [3.8, 4) is 11.1 Å².